The summed E-state index contributed by atoms with van der Waals surface area (Å²) in [5.74, 6) is -2.75. The molecule has 7 rings (SSSR count). The molecule has 19 atom stereocenters. The molecule has 1 aromatic heterocycles. The zero-order valence-corrected chi connectivity index (χ0v) is 33.7. The third-order valence-electron chi connectivity index (χ3n) is 11.3. The standard InChI is InChI=1S/C39H50O25/c1-11-22(45)27(50)31(54)37(58-11)64-34-28(51)24(47)19(8-40)61-38(34)57-10-20-25(48)29(52)35(63-36-30(53)23(46)17(44)9-56-36)39(62-20)59-13-6-16(43)21-18(7-13)60-32(33(55-2)26(21)49)12-3-4-14(41)15(42)5-12/h3-7,11,17,19-20,22-25,27-31,34-48,50-54H,8-10H2,1-2H3. The molecule has 4 saturated heterocycles. The number of hydrogen-bond acceptors (Lipinski definition) is 25. The van der Waals surface area contributed by atoms with Crippen LogP contribution in [-0.2, 0) is 33.2 Å². The summed E-state index contributed by atoms with van der Waals surface area (Å²) in [6.07, 6.45) is -33.2. The number of fused-ring (bicyclic) bond motifs is 1. The van der Waals surface area contributed by atoms with Crippen LogP contribution in [-0.4, -0.2) is 215 Å². The predicted octanol–water partition coefficient (Wildman–Crippen LogP) is -5.10. The number of phenolic OH excluding ortho intramolecular Hbond substituents is 3. The van der Waals surface area contributed by atoms with E-state index in [1.165, 1.54) is 13.0 Å². The lowest BCUT2D eigenvalue weighted by Gasteiger charge is -2.47. The molecule has 0 radical (unpaired) electrons. The molecule has 5 heterocycles. The quantitative estimate of drug-likeness (QED) is 0.0756. The summed E-state index contributed by atoms with van der Waals surface area (Å²) in [7, 11) is 1.15. The largest absolute Gasteiger partial charge is 0.507 e. The Morgan fingerprint density at radius 3 is 1.97 bits per heavy atom. The summed E-state index contributed by atoms with van der Waals surface area (Å²) in [5, 5.41) is 147. The fourth-order valence-corrected chi connectivity index (χ4v) is 7.64. The molecular formula is C39H50O25. The minimum Gasteiger partial charge on any atom is -0.507 e. The van der Waals surface area contributed by atoms with E-state index in [4.69, 9.17) is 47.0 Å². The summed E-state index contributed by atoms with van der Waals surface area (Å²) < 4.78 is 57.0. The number of rotatable bonds is 12. The molecule has 0 amide bonds. The lowest BCUT2D eigenvalue weighted by Crippen LogP contribution is -2.65. The molecule has 2 aromatic carbocycles. The lowest BCUT2D eigenvalue weighted by atomic mass is 9.97. The van der Waals surface area contributed by atoms with Crippen molar-refractivity contribution in [3.63, 3.8) is 0 Å². The first-order chi connectivity index (χ1) is 30.3. The normalized spacial score (nSPS) is 39.4. The molecule has 0 bridgehead atoms. The second-order valence-electron chi connectivity index (χ2n) is 15.6. The number of hydrogen-bond donors (Lipinski definition) is 14. The molecule has 14 N–H and O–H groups in total. The minimum absolute atomic E-state index is 0.0645. The van der Waals surface area contributed by atoms with Crippen LogP contribution < -0.4 is 14.9 Å². The summed E-state index contributed by atoms with van der Waals surface area (Å²) in [6, 6.07) is 5.55. The van der Waals surface area contributed by atoms with E-state index < -0.39 is 165 Å². The Morgan fingerprint density at radius 1 is 0.656 bits per heavy atom. The van der Waals surface area contributed by atoms with Gasteiger partial charge in [-0.25, -0.2) is 0 Å². The molecule has 4 fully saturated rings. The predicted molar refractivity (Wildman–Crippen MR) is 204 cm³/mol. The second kappa shape index (κ2) is 19.4. The fraction of sp³-hybridized carbons (Fsp3) is 0.615. The van der Waals surface area contributed by atoms with Gasteiger partial charge in [0.05, 0.1) is 33.0 Å². The number of phenols is 3. The number of benzene rings is 2. The fourth-order valence-electron chi connectivity index (χ4n) is 7.64. The first kappa shape index (κ1) is 47.9. The average molecular weight is 919 g/mol. The maximum atomic E-state index is 13.6. The van der Waals surface area contributed by atoms with Crippen LogP contribution in [0.5, 0.6) is 28.7 Å². The molecule has 0 spiro atoms. The van der Waals surface area contributed by atoms with Crippen molar-refractivity contribution in [2.24, 2.45) is 0 Å². The van der Waals surface area contributed by atoms with Gasteiger partial charge in [0.15, 0.2) is 42.2 Å². The van der Waals surface area contributed by atoms with Crippen molar-refractivity contribution in [2.45, 2.75) is 124 Å². The van der Waals surface area contributed by atoms with Crippen LogP contribution in [0.15, 0.2) is 39.5 Å². The second-order valence-corrected chi connectivity index (χ2v) is 15.6. The van der Waals surface area contributed by atoms with E-state index in [1.807, 2.05) is 0 Å². The van der Waals surface area contributed by atoms with Crippen LogP contribution in [0.2, 0.25) is 0 Å². The molecule has 356 valence electrons. The average Bonchev–Trinajstić information content (AvgIpc) is 3.26. The van der Waals surface area contributed by atoms with Crippen molar-refractivity contribution in [3.8, 4) is 40.1 Å². The van der Waals surface area contributed by atoms with Crippen molar-refractivity contribution in [1.82, 2.24) is 0 Å². The lowest BCUT2D eigenvalue weighted by molar-refractivity contribution is -0.373. The van der Waals surface area contributed by atoms with Crippen LogP contribution >= 0.6 is 0 Å². The highest BCUT2D eigenvalue weighted by molar-refractivity contribution is 5.88. The van der Waals surface area contributed by atoms with E-state index in [9.17, 15) is 76.3 Å². The number of ether oxygens (including phenoxy) is 9. The SMILES string of the molecule is COc1c(-c2ccc(O)c(O)c2)oc2cc(OC3OC(COC4OC(CO)C(O)C(O)C4OC4OC(C)C(O)C(O)C4O)C(O)C(O)C3OC3OCC(O)C(O)C3O)cc(O)c2c1=O. The van der Waals surface area contributed by atoms with Crippen LogP contribution in [0, 0.1) is 0 Å². The van der Waals surface area contributed by atoms with Gasteiger partial charge in [0, 0.05) is 17.7 Å². The molecule has 4 aliphatic heterocycles. The smallest absolute Gasteiger partial charge is 0.239 e. The van der Waals surface area contributed by atoms with Crippen LogP contribution in [0.4, 0.5) is 0 Å². The Balaban J connectivity index is 1.19. The van der Waals surface area contributed by atoms with Gasteiger partial charge < -0.3 is 119 Å². The van der Waals surface area contributed by atoms with Crippen LogP contribution in [0.25, 0.3) is 22.3 Å². The van der Waals surface area contributed by atoms with E-state index in [1.54, 1.807) is 0 Å². The van der Waals surface area contributed by atoms with Crippen molar-refractivity contribution in [2.75, 3.05) is 26.9 Å². The molecule has 25 nitrogen and oxygen atoms in total. The molecular weight excluding hydrogens is 868 g/mol. The monoisotopic (exact) mass is 918 g/mol. The van der Waals surface area contributed by atoms with E-state index in [2.05, 4.69) is 0 Å². The van der Waals surface area contributed by atoms with E-state index in [0.717, 1.165) is 31.4 Å². The van der Waals surface area contributed by atoms with E-state index >= 15 is 0 Å². The Hall–Kier alpha value is -4.07. The van der Waals surface area contributed by atoms with Gasteiger partial charge in [-0.15, -0.1) is 0 Å². The molecule has 19 unspecified atom stereocenters. The minimum atomic E-state index is -2.05. The summed E-state index contributed by atoms with van der Waals surface area (Å²) in [6.45, 7) is -0.828. The zero-order valence-electron chi connectivity index (χ0n) is 33.7. The number of methoxy groups -OCH3 is 1. The highest BCUT2D eigenvalue weighted by Gasteiger charge is 2.53. The van der Waals surface area contributed by atoms with Crippen molar-refractivity contribution in [3.05, 3.63) is 40.6 Å². The molecule has 0 saturated carbocycles. The van der Waals surface area contributed by atoms with Gasteiger partial charge in [-0.3, -0.25) is 4.79 Å². The molecule has 3 aromatic rings. The number of aromatic hydroxyl groups is 3. The summed E-state index contributed by atoms with van der Waals surface area (Å²) in [5.41, 5.74) is -1.13. The molecule has 64 heavy (non-hydrogen) atoms. The summed E-state index contributed by atoms with van der Waals surface area (Å²) >= 11 is 0. The molecule has 0 aliphatic carbocycles. The Bertz CT molecular complexity index is 2140. The van der Waals surface area contributed by atoms with Gasteiger partial charge in [-0.2, -0.15) is 0 Å². The van der Waals surface area contributed by atoms with Gasteiger partial charge in [0.25, 0.3) is 0 Å². The zero-order chi connectivity index (χ0) is 46.5. The van der Waals surface area contributed by atoms with E-state index in [0.29, 0.717) is 0 Å². The van der Waals surface area contributed by atoms with Crippen molar-refractivity contribution in [1.29, 1.82) is 0 Å². The third-order valence-corrected chi connectivity index (χ3v) is 11.3. The maximum Gasteiger partial charge on any atom is 0.239 e. The van der Waals surface area contributed by atoms with E-state index in [-0.39, 0.29) is 28.4 Å². The topological polar surface area (TPSA) is 397 Å². The van der Waals surface area contributed by atoms with Gasteiger partial charge in [-0.1, -0.05) is 0 Å². The van der Waals surface area contributed by atoms with Gasteiger partial charge >= 0.3 is 0 Å². The first-order valence-electron chi connectivity index (χ1n) is 19.8. The number of aliphatic hydroxyl groups is 11. The van der Waals surface area contributed by atoms with Crippen molar-refractivity contribution >= 4 is 11.0 Å². The Morgan fingerprint density at radius 2 is 1.30 bits per heavy atom. The third kappa shape index (κ3) is 9.19. The molecule has 25 heteroatoms. The van der Waals surface area contributed by atoms with Gasteiger partial charge in [0.1, 0.15) is 102 Å². The Labute approximate surface area is 360 Å². The number of aliphatic hydroxyl groups excluding tert-OH is 11. The highest BCUT2D eigenvalue weighted by Crippen LogP contribution is 2.40. The van der Waals surface area contributed by atoms with Crippen molar-refractivity contribution < 1.29 is 119 Å². The van der Waals surface area contributed by atoms with Gasteiger partial charge in [0.2, 0.25) is 17.5 Å². The van der Waals surface area contributed by atoms with Crippen LogP contribution in [0.1, 0.15) is 6.92 Å². The van der Waals surface area contributed by atoms with Crippen LogP contribution in [0.3, 0.4) is 0 Å². The first-order valence-corrected chi connectivity index (χ1v) is 19.8. The highest BCUT2D eigenvalue weighted by atomic mass is 16.8. The van der Waals surface area contributed by atoms with Gasteiger partial charge in [-0.05, 0) is 25.1 Å². The Kier molecular flexibility index (Phi) is 14.5. The maximum absolute atomic E-state index is 13.6. The molecule has 4 aliphatic rings. The summed E-state index contributed by atoms with van der Waals surface area (Å²) in [4.78, 5) is 13.6.